The van der Waals surface area contributed by atoms with Crippen molar-refractivity contribution in [3.8, 4) is 0 Å². The normalized spacial score (nSPS) is 16.2. The van der Waals surface area contributed by atoms with Crippen molar-refractivity contribution < 1.29 is 19.1 Å². The van der Waals surface area contributed by atoms with Crippen molar-refractivity contribution in [2.24, 2.45) is 5.92 Å². The van der Waals surface area contributed by atoms with Crippen molar-refractivity contribution in [3.63, 3.8) is 0 Å². The molecule has 0 fully saturated rings. The van der Waals surface area contributed by atoms with Crippen molar-refractivity contribution in [2.45, 2.75) is 32.4 Å². The average molecular weight is 215 g/mol. The molecule has 15 heavy (non-hydrogen) atoms. The summed E-state index contributed by atoms with van der Waals surface area (Å²) in [4.78, 5) is 31.9. The molecule has 0 aliphatic carbocycles. The van der Waals surface area contributed by atoms with Crippen molar-refractivity contribution in [2.75, 3.05) is 7.05 Å². The van der Waals surface area contributed by atoms with Gasteiger partial charge in [-0.1, -0.05) is 6.92 Å². The Morgan fingerprint density at radius 2 is 2.07 bits per heavy atom. The summed E-state index contributed by atoms with van der Waals surface area (Å²) in [7, 11) is 1.60. The van der Waals surface area contributed by atoms with E-state index in [2.05, 4.69) is 5.32 Å². The van der Waals surface area contributed by atoms with E-state index in [4.69, 9.17) is 4.74 Å². The SMILES string of the molecule is CNC(C=O)C(OC(C)=O)C(C)CC=O. The van der Waals surface area contributed by atoms with Crippen LogP contribution in [0.1, 0.15) is 20.3 Å². The molecule has 5 heteroatoms. The van der Waals surface area contributed by atoms with Crippen LogP contribution in [0.25, 0.3) is 0 Å². The molecule has 0 amide bonds. The summed E-state index contributed by atoms with van der Waals surface area (Å²) < 4.78 is 5.02. The fourth-order valence-electron chi connectivity index (χ4n) is 1.33. The summed E-state index contributed by atoms with van der Waals surface area (Å²) in [5, 5.41) is 2.74. The standard InChI is InChI=1S/C10H17NO4/c1-7(4-5-12)10(15-8(2)14)9(6-13)11-3/h5-7,9-11H,4H2,1-3H3. The molecule has 5 nitrogen and oxygen atoms in total. The first-order valence-corrected chi connectivity index (χ1v) is 4.80. The predicted octanol–water partition coefficient (Wildman–Crippen LogP) is -0.0699. The van der Waals surface area contributed by atoms with E-state index in [1.54, 1.807) is 14.0 Å². The molecule has 0 heterocycles. The molecule has 0 aliphatic heterocycles. The van der Waals surface area contributed by atoms with E-state index < -0.39 is 18.1 Å². The topological polar surface area (TPSA) is 72.5 Å². The maximum atomic E-state index is 10.8. The first-order chi connectivity index (χ1) is 7.06. The molecule has 0 rings (SSSR count). The zero-order chi connectivity index (χ0) is 11.8. The molecule has 0 saturated heterocycles. The fraction of sp³-hybridized carbons (Fsp3) is 0.700. The Kier molecular flexibility index (Phi) is 6.53. The molecule has 0 radical (unpaired) electrons. The van der Waals surface area contributed by atoms with Gasteiger partial charge in [-0.25, -0.2) is 0 Å². The van der Waals surface area contributed by atoms with E-state index in [0.29, 0.717) is 6.29 Å². The van der Waals surface area contributed by atoms with Gasteiger partial charge in [0.2, 0.25) is 0 Å². The van der Waals surface area contributed by atoms with Gasteiger partial charge in [-0.15, -0.1) is 0 Å². The van der Waals surface area contributed by atoms with Gasteiger partial charge < -0.3 is 19.6 Å². The van der Waals surface area contributed by atoms with Gasteiger partial charge in [-0.2, -0.15) is 0 Å². The van der Waals surface area contributed by atoms with E-state index in [-0.39, 0.29) is 12.3 Å². The second-order valence-electron chi connectivity index (χ2n) is 3.40. The number of nitrogens with one attached hydrogen (secondary N) is 1. The van der Waals surface area contributed by atoms with Crippen LogP contribution in [0.15, 0.2) is 0 Å². The Bertz CT molecular complexity index is 229. The predicted molar refractivity (Wildman–Crippen MR) is 54.3 cm³/mol. The summed E-state index contributed by atoms with van der Waals surface area (Å²) in [6.45, 7) is 3.04. The zero-order valence-electron chi connectivity index (χ0n) is 9.23. The van der Waals surface area contributed by atoms with E-state index in [0.717, 1.165) is 6.29 Å². The van der Waals surface area contributed by atoms with Crippen LogP contribution in [0.5, 0.6) is 0 Å². The molecule has 3 unspecified atom stereocenters. The minimum Gasteiger partial charge on any atom is -0.460 e. The van der Waals surface area contributed by atoms with Gasteiger partial charge >= 0.3 is 5.97 Å². The van der Waals surface area contributed by atoms with Crippen molar-refractivity contribution in [1.82, 2.24) is 5.32 Å². The molecule has 0 aromatic heterocycles. The third kappa shape index (κ3) is 4.69. The number of carbonyl (C=O) groups excluding carboxylic acids is 3. The monoisotopic (exact) mass is 215 g/mol. The Hall–Kier alpha value is -1.23. The number of rotatable bonds is 7. The van der Waals surface area contributed by atoms with E-state index in [1.165, 1.54) is 6.92 Å². The first-order valence-electron chi connectivity index (χ1n) is 4.80. The quantitative estimate of drug-likeness (QED) is 0.475. The van der Waals surface area contributed by atoms with Crippen LogP contribution in [0.4, 0.5) is 0 Å². The minimum absolute atomic E-state index is 0.186. The van der Waals surface area contributed by atoms with Crippen LogP contribution in [-0.2, 0) is 19.1 Å². The zero-order valence-corrected chi connectivity index (χ0v) is 9.23. The van der Waals surface area contributed by atoms with E-state index in [9.17, 15) is 14.4 Å². The van der Waals surface area contributed by atoms with Gasteiger partial charge in [-0.3, -0.25) is 4.79 Å². The molecule has 0 aromatic rings. The second kappa shape index (κ2) is 7.11. The summed E-state index contributed by atoms with van der Waals surface area (Å²) in [6.07, 6.45) is 1.08. The van der Waals surface area contributed by atoms with Crippen LogP contribution in [0.3, 0.4) is 0 Å². The van der Waals surface area contributed by atoms with Gasteiger partial charge in [0.25, 0.3) is 0 Å². The summed E-state index contributed by atoms with van der Waals surface area (Å²) >= 11 is 0. The number of hydrogen-bond donors (Lipinski definition) is 1. The maximum absolute atomic E-state index is 10.8. The Morgan fingerprint density at radius 3 is 2.40 bits per heavy atom. The lowest BCUT2D eigenvalue weighted by Gasteiger charge is -2.26. The van der Waals surface area contributed by atoms with Crippen molar-refractivity contribution in [3.05, 3.63) is 0 Å². The summed E-state index contributed by atoms with van der Waals surface area (Å²) in [5.41, 5.74) is 0. The Morgan fingerprint density at radius 1 is 1.47 bits per heavy atom. The highest BCUT2D eigenvalue weighted by Gasteiger charge is 2.28. The molecule has 0 aliphatic rings. The van der Waals surface area contributed by atoms with Gasteiger partial charge in [0, 0.05) is 19.3 Å². The molecular formula is C10H17NO4. The minimum atomic E-state index is -0.602. The second-order valence-corrected chi connectivity index (χ2v) is 3.40. The highest BCUT2D eigenvalue weighted by molar-refractivity contribution is 5.67. The molecule has 86 valence electrons. The molecule has 1 N–H and O–H groups in total. The number of aldehydes is 2. The lowest BCUT2D eigenvalue weighted by Crippen LogP contribution is -2.45. The number of ether oxygens (including phenoxy) is 1. The highest BCUT2D eigenvalue weighted by atomic mass is 16.5. The largest absolute Gasteiger partial charge is 0.460 e. The van der Waals surface area contributed by atoms with Gasteiger partial charge in [0.1, 0.15) is 24.7 Å². The smallest absolute Gasteiger partial charge is 0.302 e. The van der Waals surface area contributed by atoms with Crippen LogP contribution in [0.2, 0.25) is 0 Å². The first kappa shape index (κ1) is 13.8. The van der Waals surface area contributed by atoms with Crippen LogP contribution in [0, 0.1) is 5.92 Å². The molecule has 0 aromatic carbocycles. The van der Waals surface area contributed by atoms with Crippen molar-refractivity contribution >= 4 is 18.5 Å². The van der Waals surface area contributed by atoms with Gasteiger partial charge in [0.05, 0.1) is 0 Å². The number of hydrogen-bond acceptors (Lipinski definition) is 5. The molecular weight excluding hydrogens is 198 g/mol. The lowest BCUT2D eigenvalue weighted by atomic mass is 9.96. The van der Waals surface area contributed by atoms with Crippen LogP contribution < -0.4 is 5.32 Å². The molecule has 3 atom stereocenters. The van der Waals surface area contributed by atoms with Gasteiger partial charge in [0.15, 0.2) is 0 Å². The van der Waals surface area contributed by atoms with Crippen molar-refractivity contribution in [1.29, 1.82) is 0 Å². The molecule has 0 saturated carbocycles. The van der Waals surface area contributed by atoms with E-state index >= 15 is 0 Å². The van der Waals surface area contributed by atoms with Crippen LogP contribution in [-0.4, -0.2) is 37.7 Å². The Balaban J connectivity index is 4.60. The number of carbonyl (C=O) groups is 3. The number of esters is 1. The maximum Gasteiger partial charge on any atom is 0.302 e. The van der Waals surface area contributed by atoms with Crippen LogP contribution >= 0.6 is 0 Å². The highest BCUT2D eigenvalue weighted by Crippen LogP contribution is 2.14. The third-order valence-electron chi connectivity index (χ3n) is 2.16. The summed E-state index contributed by atoms with van der Waals surface area (Å²) in [6, 6.07) is -0.580. The van der Waals surface area contributed by atoms with Gasteiger partial charge in [-0.05, 0) is 7.05 Å². The number of likely N-dealkylation sites (N-methyl/N-ethyl adjacent to an activating group) is 1. The third-order valence-corrected chi connectivity index (χ3v) is 2.16. The molecule has 0 spiro atoms. The average Bonchev–Trinajstić information content (AvgIpc) is 2.18. The molecule has 0 bridgehead atoms. The lowest BCUT2D eigenvalue weighted by molar-refractivity contribution is -0.151. The van der Waals surface area contributed by atoms with E-state index in [1.807, 2.05) is 0 Å². The fourth-order valence-corrected chi connectivity index (χ4v) is 1.33. The Labute approximate surface area is 89.2 Å². The summed E-state index contributed by atoms with van der Waals surface area (Å²) in [5.74, 6) is -0.645.